The van der Waals surface area contributed by atoms with Crippen molar-refractivity contribution < 1.29 is 4.74 Å². The van der Waals surface area contributed by atoms with Crippen LogP contribution in [-0.2, 0) is 4.74 Å². The largest absolute Gasteiger partial charge is 0.383 e. The number of likely N-dealkylation sites (N-methyl/N-ethyl adjacent to an activating group) is 1. The van der Waals surface area contributed by atoms with E-state index in [9.17, 15) is 0 Å². The molecule has 0 aromatic carbocycles. The van der Waals surface area contributed by atoms with Crippen LogP contribution in [0.3, 0.4) is 0 Å². The summed E-state index contributed by atoms with van der Waals surface area (Å²) < 4.78 is 5.01. The molecule has 0 saturated heterocycles. The molecule has 0 amide bonds. The zero-order chi connectivity index (χ0) is 11.1. The van der Waals surface area contributed by atoms with Crippen LogP contribution in [0.15, 0.2) is 12.4 Å². The van der Waals surface area contributed by atoms with Gasteiger partial charge in [0.2, 0.25) is 0 Å². The first kappa shape index (κ1) is 11.7. The minimum Gasteiger partial charge on any atom is -0.383 e. The first-order valence-electron chi connectivity index (χ1n) is 5.04. The zero-order valence-electron chi connectivity index (χ0n) is 9.53. The van der Waals surface area contributed by atoms with Crippen molar-refractivity contribution in [2.45, 2.75) is 6.92 Å². The van der Waals surface area contributed by atoms with E-state index >= 15 is 0 Å². The predicted octanol–water partition coefficient (Wildman–Crippen LogP) is 0.991. The Bertz CT molecular complexity index is 293. The van der Waals surface area contributed by atoms with Gasteiger partial charge in [0.1, 0.15) is 18.0 Å². The molecule has 0 aliphatic heterocycles. The van der Waals surface area contributed by atoms with Gasteiger partial charge in [-0.1, -0.05) is 0 Å². The van der Waals surface area contributed by atoms with Crippen molar-refractivity contribution >= 4 is 11.6 Å². The maximum absolute atomic E-state index is 5.01. The molecule has 15 heavy (non-hydrogen) atoms. The molecule has 1 aromatic heterocycles. The van der Waals surface area contributed by atoms with Gasteiger partial charge in [-0.2, -0.15) is 0 Å². The highest BCUT2D eigenvalue weighted by molar-refractivity contribution is 5.47. The van der Waals surface area contributed by atoms with Crippen LogP contribution < -0.4 is 10.2 Å². The van der Waals surface area contributed by atoms with Gasteiger partial charge in [0.15, 0.2) is 0 Å². The number of rotatable bonds is 6. The third-order valence-electron chi connectivity index (χ3n) is 2.03. The molecule has 1 N–H and O–H groups in total. The Balaban J connectivity index is 2.62. The van der Waals surface area contributed by atoms with E-state index < -0.39 is 0 Å². The third-order valence-corrected chi connectivity index (χ3v) is 2.03. The molecule has 84 valence electrons. The predicted molar refractivity (Wildman–Crippen MR) is 61.3 cm³/mol. The monoisotopic (exact) mass is 210 g/mol. The van der Waals surface area contributed by atoms with Gasteiger partial charge < -0.3 is 15.0 Å². The molecule has 1 heterocycles. The molecule has 5 nitrogen and oxygen atoms in total. The van der Waals surface area contributed by atoms with Crippen LogP contribution in [0.5, 0.6) is 0 Å². The van der Waals surface area contributed by atoms with Crippen molar-refractivity contribution in [1.29, 1.82) is 0 Å². The van der Waals surface area contributed by atoms with Crippen LogP contribution >= 0.6 is 0 Å². The fourth-order valence-electron chi connectivity index (χ4n) is 1.18. The second kappa shape index (κ2) is 6.19. The minimum absolute atomic E-state index is 0.692. The summed E-state index contributed by atoms with van der Waals surface area (Å²) in [5.74, 6) is 1.75. The molecule has 1 aromatic rings. The molecule has 5 heteroatoms. The van der Waals surface area contributed by atoms with E-state index in [1.807, 2.05) is 24.9 Å². The normalized spacial score (nSPS) is 10.1. The molecule has 0 atom stereocenters. The Morgan fingerprint density at radius 1 is 1.47 bits per heavy atom. The molecule has 1 rings (SSSR count). The molecular formula is C10H18N4O. The average molecular weight is 210 g/mol. The van der Waals surface area contributed by atoms with E-state index in [2.05, 4.69) is 15.3 Å². The minimum atomic E-state index is 0.692. The summed E-state index contributed by atoms with van der Waals surface area (Å²) in [7, 11) is 3.68. The van der Waals surface area contributed by atoms with E-state index in [0.29, 0.717) is 6.61 Å². The average Bonchev–Trinajstić information content (AvgIpc) is 2.27. The number of ether oxygens (including phenoxy) is 1. The molecule has 0 bridgehead atoms. The van der Waals surface area contributed by atoms with Crippen molar-refractivity contribution in [2.75, 3.05) is 44.1 Å². The lowest BCUT2D eigenvalue weighted by Crippen LogP contribution is -2.23. The number of aromatic nitrogens is 2. The molecule has 0 saturated carbocycles. The van der Waals surface area contributed by atoms with Gasteiger partial charge in [0, 0.05) is 33.3 Å². The molecule has 0 spiro atoms. The van der Waals surface area contributed by atoms with E-state index in [-0.39, 0.29) is 0 Å². The smallest absolute Gasteiger partial charge is 0.133 e. The number of nitrogens with one attached hydrogen (secondary N) is 1. The maximum Gasteiger partial charge on any atom is 0.133 e. The topological polar surface area (TPSA) is 50.3 Å². The van der Waals surface area contributed by atoms with Gasteiger partial charge in [-0.05, 0) is 6.92 Å². The molecular weight excluding hydrogens is 192 g/mol. The number of nitrogens with zero attached hydrogens (tertiary/aromatic N) is 3. The van der Waals surface area contributed by atoms with Gasteiger partial charge in [0.05, 0.1) is 6.61 Å². The Kier molecular flexibility index (Phi) is 4.83. The summed E-state index contributed by atoms with van der Waals surface area (Å²) in [5, 5.41) is 3.15. The molecule has 0 fully saturated rings. The van der Waals surface area contributed by atoms with Crippen LogP contribution in [-0.4, -0.2) is 43.8 Å². The lowest BCUT2D eigenvalue weighted by atomic mass is 10.4. The standard InChI is InChI=1S/C10H18N4O/c1-4-11-9-7-10(13-8-12-9)14(2)5-6-15-3/h7-8H,4-6H2,1-3H3,(H,11,12,13). The van der Waals surface area contributed by atoms with Gasteiger partial charge in [0.25, 0.3) is 0 Å². The highest BCUT2D eigenvalue weighted by Gasteiger charge is 2.03. The quantitative estimate of drug-likeness (QED) is 0.759. The van der Waals surface area contributed by atoms with Crippen molar-refractivity contribution in [1.82, 2.24) is 9.97 Å². The third kappa shape index (κ3) is 3.71. The maximum atomic E-state index is 5.01. The van der Waals surface area contributed by atoms with Gasteiger partial charge in [-0.25, -0.2) is 9.97 Å². The summed E-state index contributed by atoms with van der Waals surface area (Å²) >= 11 is 0. The van der Waals surface area contributed by atoms with E-state index in [1.54, 1.807) is 13.4 Å². The zero-order valence-corrected chi connectivity index (χ0v) is 9.53. The Hall–Kier alpha value is -1.36. The summed E-state index contributed by atoms with van der Waals surface area (Å²) in [4.78, 5) is 10.3. The van der Waals surface area contributed by atoms with Crippen LogP contribution in [0.4, 0.5) is 11.6 Å². The number of hydrogen-bond donors (Lipinski definition) is 1. The number of methoxy groups -OCH3 is 1. The van der Waals surface area contributed by atoms with Crippen molar-refractivity contribution in [2.24, 2.45) is 0 Å². The van der Waals surface area contributed by atoms with Crippen LogP contribution in [0.1, 0.15) is 6.92 Å². The van der Waals surface area contributed by atoms with Crippen molar-refractivity contribution in [3.8, 4) is 0 Å². The van der Waals surface area contributed by atoms with Crippen molar-refractivity contribution in [3.63, 3.8) is 0 Å². The highest BCUT2D eigenvalue weighted by Crippen LogP contribution is 2.11. The van der Waals surface area contributed by atoms with Gasteiger partial charge in [-0.3, -0.25) is 0 Å². The second-order valence-electron chi connectivity index (χ2n) is 3.21. The molecule has 0 aliphatic rings. The molecule has 0 aliphatic carbocycles. The summed E-state index contributed by atoms with van der Waals surface area (Å²) in [5.41, 5.74) is 0. The van der Waals surface area contributed by atoms with E-state index in [4.69, 9.17) is 4.74 Å². The number of hydrogen-bond acceptors (Lipinski definition) is 5. The Labute approximate surface area is 90.5 Å². The van der Waals surface area contributed by atoms with E-state index in [0.717, 1.165) is 24.7 Å². The van der Waals surface area contributed by atoms with E-state index in [1.165, 1.54) is 0 Å². The highest BCUT2D eigenvalue weighted by atomic mass is 16.5. The van der Waals surface area contributed by atoms with Gasteiger partial charge in [-0.15, -0.1) is 0 Å². The first-order valence-corrected chi connectivity index (χ1v) is 5.04. The van der Waals surface area contributed by atoms with Crippen LogP contribution in [0, 0.1) is 0 Å². The number of anilines is 2. The summed E-state index contributed by atoms with van der Waals surface area (Å²) in [6, 6.07) is 1.93. The summed E-state index contributed by atoms with van der Waals surface area (Å²) in [6.45, 7) is 4.41. The van der Waals surface area contributed by atoms with Crippen LogP contribution in [0.25, 0.3) is 0 Å². The summed E-state index contributed by atoms with van der Waals surface area (Å²) in [6.07, 6.45) is 1.57. The fraction of sp³-hybridized carbons (Fsp3) is 0.600. The SMILES string of the molecule is CCNc1cc(N(C)CCOC)ncn1. The Morgan fingerprint density at radius 3 is 2.93 bits per heavy atom. The fourth-order valence-corrected chi connectivity index (χ4v) is 1.18. The Morgan fingerprint density at radius 2 is 2.27 bits per heavy atom. The van der Waals surface area contributed by atoms with Crippen LogP contribution in [0.2, 0.25) is 0 Å². The lowest BCUT2D eigenvalue weighted by Gasteiger charge is -2.17. The lowest BCUT2D eigenvalue weighted by molar-refractivity contribution is 0.206. The molecule has 0 radical (unpaired) electrons. The van der Waals surface area contributed by atoms with Crippen molar-refractivity contribution in [3.05, 3.63) is 12.4 Å². The second-order valence-corrected chi connectivity index (χ2v) is 3.21. The van der Waals surface area contributed by atoms with Gasteiger partial charge >= 0.3 is 0 Å². The first-order chi connectivity index (χ1) is 7.27. The molecule has 0 unspecified atom stereocenters.